The SMILES string of the molecule is COc1ccc2nc(N3C(=O)C(=O)/C(=C(/O)c4ccccc4)C3c3cccc([N+](=O)[O-])c3)sc2c1. The van der Waals surface area contributed by atoms with Crippen molar-refractivity contribution in [1.82, 2.24) is 4.98 Å². The van der Waals surface area contributed by atoms with Gasteiger partial charge in [-0.05, 0) is 23.8 Å². The zero-order chi connectivity index (χ0) is 24.7. The first kappa shape index (κ1) is 22.2. The summed E-state index contributed by atoms with van der Waals surface area (Å²) in [6.45, 7) is 0. The molecule has 0 radical (unpaired) electrons. The van der Waals surface area contributed by atoms with Crippen molar-refractivity contribution in [3.8, 4) is 5.75 Å². The van der Waals surface area contributed by atoms with Crippen molar-refractivity contribution in [2.75, 3.05) is 12.0 Å². The van der Waals surface area contributed by atoms with Crippen molar-refractivity contribution in [3.63, 3.8) is 0 Å². The fraction of sp³-hybridized carbons (Fsp3) is 0.0800. The highest BCUT2D eigenvalue weighted by Gasteiger charge is 2.48. The number of carbonyl (C=O) groups excluding carboxylic acids is 2. The molecule has 1 saturated heterocycles. The second-order valence-corrected chi connectivity index (χ2v) is 8.73. The van der Waals surface area contributed by atoms with Crippen LogP contribution in [0.3, 0.4) is 0 Å². The maximum atomic E-state index is 13.3. The van der Waals surface area contributed by atoms with Crippen molar-refractivity contribution in [1.29, 1.82) is 0 Å². The molecule has 9 nitrogen and oxygen atoms in total. The number of thiazole rings is 1. The van der Waals surface area contributed by atoms with Crippen molar-refractivity contribution >= 4 is 49.8 Å². The lowest BCUT2D eigenvalue weighted by Crippen LogP contribution is -2.29. The summed E-state index contributed by atoms with van der Waals surface area (Å²) in [5.74, 6) is -1.55. The van der Waals surface area contributed by atoms with E-state index in [1.54, 1.807) is 54.6 Å². The molecule has 0 aliphatic carbocycles. The molecule has 1 N–H and O–H groups in total. The molecule has 1 amide bonds. The number of carbonyl (C=O) groups is 2. The number of rotatable bonds is 5. The highest BCUT2D eigenvalue weighted by Crippen LogP contribution is 2.45. The minimum atomic E-state index is -1.11. The van der Waals surface area contributed by atoms with E-state index >= 15 is 0 Å². The van der Waals surface area contributed by atoms with Gasteiger partial charge in [-0.2, -0.15) is 0 Å². The minimum Gasteiger partial charge on any atom is -0.507 e. The Morgan fingerprint density at radius 2 is 1.86 bits per heavy atom. The Balaban J connectivity index is 1.74. The van der Waals surface area contributed by atoms with Gasteiger partial charge in [-0.3, -0.25) is 24.6 Å². The number of Topliss-reactive ketones (excluding diaryl/α,β-unsaturated/α-hetero) is 1. The molecule has 35 heavy (non-hydrogen) atoms. The van der Waals surface area contributed by atoms with Crippen LogP contribution < -0.4 is 9.64 Å². The van der Waals surface area contributed by atoms with Gasteiger partial charge in [0.05, 0.1) is 33.9 Å². The first-order valence-electron chi connectivity index (χ1n) is 10.4. The van der Waals surface area contributed by atoms with Gasteiger partial charge in [-0.25, -0.2) is 4.98 Å². The van der Waals surface area contributed by atoms with E-state index in [4.69, 9.17) is 4.74 Å². The number of aliphatic hydroxyl groups excluding tert-OH is 1. The number of nitro groups is 1. The Kier molecular flexibility index (Phi) is 5.50. The monoisotopic (exact) mass is 487 g/mol. The van der Waals surface area contributed by atoms with Gasteiger partial charge < -0.3 is 9.84 Å². The van der Waals surface area contributed by atoms with Gasteiger partial charge >= 0.3 is 5.91 Å². The molecule has 4 aromatic rings. The average molecular weight is 487 g/mol. The number of non-ortho nitro benzene ring substituents is 1. The number of nitro benzene ring substituents is 1. The van der Waals surface area contributed by atoms with Gasteiger partial charge in [0.15, 0.2) is 5.13 Å². The van der Waals surface area contributed by atoms with Crippen LogP contribution in [0.25, 0.3) is 16.0 Å². The third-order valence-corrected chi connectivity index (χ3v) is 6.70. The van der Waals surface area contributed by atoms with Crippen molar-refractivity contribution in [3.05, 3.63) is 99.6 Å². The van der Waals surface area contributed by atoms with Crippen molar-refractivity contribution in [2.24, 2.45) is 0 Å². The molecule has 0 bridgehead atoms. The lowest BCUT2D eigenvalue weighted by atomic mass is 9.95. The number of aliphatic hydroxyl groups is 1. The van der Waals surface area contributed by atoms with Crippen LogP contribution in [0, 0.1) is 10.1 Å². The number of aromatic nitrogens is 1. The van der Waals surface area contributed by atoms with Gasteiger partial charge in [0.2, 0.25) is 0 Å². The van der Waals surface area contributed by atoms with Gasteiger partial charge in [0.25, 0.3) is 11.5 Å². The van der Waals surface area contributed by atoms with E-state index in [1.165, 1.54) is 41.5 Å². The Hall–Kier alpha value is -4.57. The quantitative estimate of drug-likeness (QED) is 0.140. The second kappa shape index (κ2) is 8.65. The summed E-state index contributed by atoms with van der Waals surface area (Å²) < 4.78 is 5.98. The number of hydrogen-bond donors (Lipinski definition) is 1. The van der Waals surface area contributed by atoms with Crippen molar-refractivity contribution < 1.29 is 24.4 Å². The lowest BCUT2D eigenvalue weighted by molar-refractivity contribution is -0.384. The van der Waals surface area contributed by atoms with Crippen LogP contribution in [0.2, 0.25) is 0 Å². The van der Waals surface area contributed by atoms with Gasteiger partial charge in [0, 0.05) is 17.7 Å². The summed E-state index contributed by atoms with van der Waals surface area (Å²) in [5.41, 5.74) is 0.858. The summed E-state index contributed by atoms with van der Waals surface area (Å²) in [5, 5.41) is 22.8. The molecule has 1 atom stereocenters. The molecule has 2 heterocycles. The summed E-state index contributed by atoms with van der Waals surface area (Å²) >= 11 is 1.17. The van der Waals surface area contributed by atoms with E-state index in [9.17, 15) is 24.8 Å². The van der Waals surface area contributed by atoms with E-state index < -0.39 is 22.7 Å². The zero-order valence-corrected chi connectivity index (χ0v) is 19.1. The zero-order valence-electron chi connectivity index (χ0n) is 18.2. The number of nitrogens with zero attached hydrogens (tertiary/aromatic N) is 3. The fourth-order valence-electron chi connectivity index (χ4n) is 4.03. The Morgan fingerprint density at radius 1 is 1.09 bits per heavy atom. The predicted octanol–water partition coefficient (Wildman–Crippen LogP) is 4.84. The first-order valence-corrected chi connectivity index (χ1v) is 11.3. The Labute approximate surface area is 202 Å². The molecule has 1 fully saturated rings. The smallest absolute Gasteiger partial charge is 0.301 e. The number of ether oxygens (including phenoxy) is 1. The third kappa shape index (κ3) is 3.79. The third-order valence-electron chi connectivity index (χ3n) is 5.68. The maximum Gasteiger partial charge on any atom is 0.301 e. The molecular formula is C25H17N3O6S. The van der Waals surface area contributed by atoms with Gasteiger partial charge in [-0.1, -0.05) is 53.8 Å². The summed E-state index contributed by atoms with van der Waals surface area (Å²) in [6.07, 6.45) is 0. The molecule has 10 heteroatoms. The second-order valence-electron chi connectivity index (χ2n) is 7.72. The molecule has 1 aliphatic heterocycles. The maximum absolute atomic E-state index is 13.3. The Morgan fingerprint density at radius 3 is 2.57 bits per heavy atom. The number of hydrogen-bond acceptors (Lipinski definition) is 8. The van der Waals surface area contributed by atoms with Crippen LogP contribution in [0.4, 0.5) is 10.8 Å². The van der Waals surface area contributed by atoms with E-state index in [2.05, 4.69) is 4.98 Å². The molecular weight excluding hydrogens is 470 g/mol. The molecule has 0 saturated carbocycles. The van der Waals surface area contributed by atoms with E-state index in [-0.39, 0.29) is 22.2 Å². The van der Waals surface area contributed by atoms with Gasteiger partial charge in [-0.15, -0.1) is 0 Å². The number of amides is 1. The summed E-state index contributed by atoms with van der Waals surface area (Å²) in [7, 11) is 1.54. The predicted molar refractivity (Wildman–Crippen MR) is 130 cm³/mol. The molecule has 3 aromatic carbocycles. The molecule has 5 rings (SSSR count). The topological polar surface area (TPSA) is 123 Å². The normalized spacial score (nSPS) is 17.2. The standard InChI is InChI=1S/C25H17N3O6S/c1-34-17-10-11-18-19(13-17)35-25(26-18)27-21(15-8-5-9-16(12-15)28(32)33)20(23(30)24(27)31)22(29)14-6-3-2-4-7-14/h2-13,21,29H,1H3/b22-20+. The first-order chi connectivity index (χ1) is 16.9. The van der Waals surface area contributed by atoms with Crippen LogP contribution >= 0.6 is 11.3 Å². The highest BCUT2D eigenvalue weighted by atomic mass is 32.1. The van der Waals surface area contributed by atoms with Crippen LogP contribution in [-0.4, -0.2) is 33.8 Å². The molecule has 1 aliphatic rings. The van der Waals surface area contributed by atoms with Gasteiger partial charge in [0.1, 0.15) is 11.5 Å². The lowest BCUT2D eigenvalue weighted by Gasteiger charge is -2.22. The number of ketones is 1. The molecule has 1 aromatic heterocycles. The number of benzene rings is 3. The van der Waals surface area contributed by atoms with Crippen molar-refractivity contribution in [2.45, 2.75) is 6.04 Å². The number of anilines is 1. The minimum absolute atomic E-state index is 0.168. The highest BCUT2D eigenvalue weighted by molar-refractivity contribution is 7.22. The van der Waals surface area contributed by atoms with Crippen LogP contribution in [0.15, 0.2) is 78.4 Å². The fourth-order valence-corrected chi connectivity index (χ4v) is 5.05. The van der Waals surface area contributed by atoms with E-state index in [0.717, 1.165) is 4.70 Å². The van der Waals surface area contributed by atoms with Crippen LogP contribution in [0.1, 0.15) is 17.2 Å². The molecule has 174 valence electrons. The summed E-state index contributed by atoms with van der Waals surface area (Å²) in [6, 6.07) is 18.1. The number of fused-ring (bicyclic) bond motifs is 1. The largest absolute Gasteiger partial charge is 0.507 e. The molecule has 0 spiro atoms. The van der Waals surface area contributed by atoms with E-state index in [0.29, 0.717) is 22.4 Å². The Bertz CT molecular complexity index is 1530. The molecule has 1 unspecified atom stereocenters. The van der Waals surface area contributed by atoms with E-state index in [1.807, 2.05) is 0 Å². The number of methoxy groups -OCH3 is 1. The van der Waals surface area contributed by atoms with Crippen LogP contribution in [0.5, 0.6) is 5.75 Å². The van der Waals surface area contributed by atoms with Crippen LogP contribution in [-0.2, 0) is 9.59 Å². The summed E-state index contributed by atoms with van der Waals surface area (Å²) in [4.78, 5) is 43.1. The average Bonchev–Trinajstić information content (AvgIpc) is 3.41.